The van der Waals surface area contributed by atoms with Crippen LogP contribution in [0.15, 0.2) is 36.4 Å². The van der Waals surface area contributed by atoms with Gasteiger partial charge in [-0.3, -0.25) is 5.84 Å². The summed E-state index contributed by atoms with van der Waals surface area (Å²) in [5.41, 5.74) is 5.41. The molecular weight excluding hydrogens is 271 g/mol. The zero-order chi connectivity index (χ0) is 15.4. The number of nitrogens with two attached hydrogens (primary N) is 1. The minimum Gasteiger partial charge on any atom is -0.493 e. The number of halogens is 1. The van der Waals surface area contributed by atoms with Gasteiger partial charge in [0.1, 0.15) is 5.82 Å². The maximum absolute atomic E-state index is 13.2. The molecule has 0 radical (unpaired) electrons. The Morgan fingerprint density at radius 2 is 1.76 bits per heavy atom. The summed E-state index contributed by atoms with van der Waals surface area (Å²) in [6, 6.07) is 9.95. The lowest BCUT2D eigenvalue weighted by Crippen LogP contribution is -2.29. The van der Waals surface area contributed by atoms with E-state index in [0.717, 1.165) is 16.7 Å². The first-order valence-electron chi connectivity index (χ1n) is 6.54. The maximum Gasteiger partial charge on any atom is 0.161 e. The molecule has 112 valence electrons. The minimum atomic E-state index is -0.265. The van der Waals surface area contributed by atoms with Crippen molar-refractivity contribution in [1.82, 2.24) is 5.43 Å². The molecule has 0 heterocycles. The topological polar surface area (TPSA) is 56.5 Å². The molecule has 0 fully saturated rings. The molecule has 2 rings (SSSR count). The van der Waals surface area contributed by atoms with Gasteiger partial charge in [-0.1, -0.05) is 12.1 Å². The smallest absolute Gasteiger partial charge is 0.161 e. The highest BCUT2D eigenvalue weighted by Gasteiger charge is 2.17. The molecular formula is C16H19FN2O2. The summed E-state index contributed by atoms with van der Waals surface area (Å²) >= 11 is 0. The maximum atomic E-state index is 13.2. The first-order valence-corrected chi connectivity index (χ1v) is 6.54. The van der Waals surface area contributed by atoms with Gasteiger partial charge in [-0.05, 0) is 47.9 Å². The predicted molar refractivity (Wildman–Crippen MR) is 79.8 cm³/mol. The van der Waals surface area contributed by atoms with Gasteiger partial charge >= 0.3 is 0 Å². The molecule has 5 heteroatoms. The second-order valence-electron chi connectivity index (χ2n) is 4.72. The molecule has 0 amide bonds. The number of methoxy groups -OCH3 is 2. The van der Waals surface area contributed by atoms with E-state index in [2.05, 4.69) is 5.43 Å². The number of ether oxygens (including phenoxy) is 2. The second kappa shape index (κ2) is 6.56. The number of rotatable bonds is 5. The van der Waals surface area contributed by atoms with E-state index in [0.29, 0.717) is 11.5 Å². The van der Waals surface area contributed by atoms with Crippen molar-refractivity contribution in [3.63, 3.8) is 0 Å². The van der Waals surface area contributed by atoms with Gasteiger partial charge in [-0.2, -0.15) is 0 Å². The van der Waals surface area contributed by atoms with Crippen LogP contribution < -0.4 is 20.7 Å². The Morgan fingerprint density at radius 1 is 1.05 bits per heavy atom. The van der Waals surface area contributed by atoms with Crippen LogP contribution in [0.2, 0.25) is 0 Å². The summed E-state index contributed by atoms with van der Waals surface area (Å²) < 4.78 is 23.8. The van der Waals surface area contributed by atoms with Crippen LogP contribution in [-0.2, 0) is 0 Å². The fourth-order valence-corrected chi connectivity index (χ4v) is 2.36. The Kier molecular flexibility index (Phi) is 4.77. The molecule has 1 atom stereocenters. The third kappa shape index (κ3) is 3.15. The van der Waals surface area contributed by atoms with E-state index < -0.39 is 0 Å². The molecule has 0 aliphatic rings. The average molecular weight is 290 g/mol. The zero-order valence-electron chi connectivity index (χ0n) is 12.3. The summed E-state index contributed by atoms with van der Waals surface area (Å²) in [6.45, 7) is 1.85. The fraction of sp³-hybridized carbons (Fsp3) is 0.250. The standard InChI is InChI=1S/C16H19FN2O2/c1-10-8-12(17)5-6-13(10)16(19-18)11-4-7-14(20-2)15(9-11)21-3/h4-9,16,19H,18H2,1-3H3. The molecule has 0 aliphatic carbocycles. The molecule has 0 saturated heterocycles. The Labute approximate surface area is 123 Å². The summed E-state index contributed by atoms with van der Waals surface area (Å²) in [4.78, 5) is 0. The number of nitrogens with one attached hydrogen (secondary N) is 1. The lowest BCUT2D eigenvalue weighted by molar-refractivity contribution is 0.354. The van der Waals surface area contributed by atoms with Crippen LogP contribution in [0, 0.1) is 12.7 Å². The largest absolute Gasteiger partial charge is 0.493 e. The van der Waals surface area contributed by atoms with Crippen molar-refractivity contribution < 1.29 is 13.9 Å². The van der Waals surface area contributed by atoms with E-state index in [9.17, 15) is 4.39 Å². The van der Waals surface area contributed by atoms with Gasteiger partial charge in [0.15, 0.2) is 11.5 Å². The summed E-state index contributed by atoms with van der Waals surface area (Å²) in [7, 11) is 3.16. The van der Waals surface area contributed by atoms with E-state index >= 15 is 0 Å². The van der Waals surface area contributed by atoms with Crippen LogP contribution in [0.1, 0.15) is 22.7 Å². The summed E-state index contributed by atoms with van der Waals surface area (Å²) in [5.74, 6) is 6.69. The van der Waals surface area contributed by atoms with Gasteiger partial charge in [-0.15, -0.1) is 0 Å². The van der Waals surface area contributed by atoms with Crippen molar-refractivity contribution >= 4 is 0 Å². The molecule has 0 aliphatic heterocycles. The van der Waals surface area contributed by atoms with E-state index in [1.54, 1.807) is 20.3 Å². The molecule has 0 bridgehead atoms. The molecule has 2 aromatic carbocycles. The minimum absolute atomic E-state index is 0.259. The number of hydrogen-bond acceptors (Lipinski definition) is 4. The molecule has 4 nitrogen and oxygen atoms in total. The monoisotopic (exact) mass is 290 g/mol. The van der Waals surface area contributed by atoms with E-state index in [4.69, 9.17) is 15.3 Å². The van der Waals surface area contributed by atoms with Gasteiger partial charge in [0.25, 0.3) is 0 Å². The summed E-state index contributed by atoms with van der Waals surface area (Å²) in [5, 5.41) is 0. The van der Waals surface area contributed by atoms with Crippen molar-refractivity contribution in [3.05, 3.63) is 58.9 Å². The number of hydrazine groups is 1. The van der Waals surface area contributed by atoms with Crippen LogP contribution in [0.4, 0.5) is 4.39 Å². The highest BCUT2D eigenvalue weighted by Crippen LogP contribution is 2.32. The van der Waals surface area contributed by atoms with Gasteiger partial charge < -0.3 is 9.47 Å². The lowest BCUT2D eigenvalue weighted by atomic mass is 9.95. The predicted octanol–water partition coefficient (Wildman–Crippen LogP) is 2.70. The van der Waals surface area contributed by atoms with Crippen molar-refractivity contribution in [1.29, 1.82) is 0 Å². The highest BCUT2D eigenvalue weighted by molar-refractivity contribution is 5.46. The van der Waals surface area contributed by atoms with Crippen LogP contribution in [0.25, 0.3) is 0 Å². The number of benzene rings is 2. The van der Waals surface area contributed by atoms with Crippen molar-refractivity contribution in [2.75, 3.05) is 14.2 Å². The van der Waals surface area contributed by atoms with Crippen molar-refractivity contribution in [2.45, 2.75) is 13.0 Å². The van der Waals surface area contributed by atoms with Gasteiger partial charge in [-0.25, -0.2) is 9.82 Å². The Hall–Kier alpha value is -2.11. The molecule has 1 unspecified atom stereocenters. The molecule has 2 aromatic rings. The van der Waals surface area contributed by atoms with E-state index in [1.165, 1.54) is 12.1 Å². The first-order chi connectivity index (χ1) is 10.1. The average Bonchev–Trinajstić information content (AvgIpc) is 2.49. The second-order valence-corrected chi connectivity index (χ2v) is 4.72. The van der Waals surface area contributed by atoms with Crippen molar-refractivity contribution in [3.8, 4) is 11.5 Å². The fourth-order valence-electron chi connectivity index (χ4n) is 2.36. The van der Waals surface area contributed by atoms with E-state index in [-0.39, 0.29) is 11.9 Å². The third-order valence-electron chi connectivity index (χ3n) is 3.45. The van der Waals surface area contributed by atoms with Crippen LogP contribution in [0.5, 0.6) is 11.5 Å². The van der Waals surface area contributed by atoms with Crippen LogP contribution in [-0.4, -0.2) is 14.2 Å². The van der Waals surface area contributed by atoms with Crippen LogP contribution in [0.3, 0.4) is 0 Å². The third-order valence-corrected chi connectivity index (χ3v) is 3.45. The van der Waals surface area contributed by atoms with Crippen molar-refractivity contribution in [2.24, 2.45) is 5.84 Å². The Balaban J connectivity index is 2.46. The zero-order valence-corrected chi connectivity index (χ0v) is 12.3. The molecule has 0 spiro atoms. The molecule has 0 aromatic heterocycles. The van der Waals surface area contributed by atoms with Crippen LogP contribution >= 0.6 is 0 Å². The molecule has 21 heavy (non-hydrogen) atoms. The van der Waals surface area contributed by atoms with E-state index in [1.807, 2.05) is 25.1 Å². The van der Waals surface area contributed by atoms with Gasteiger partial charge in [0.2, 0.25) is 0 Å². The Morgan fingerprint density at radius 3 is 2.33 bits per heavy atom. The Bertz CT molecular complexity index is 632. The molecule has 3 N–H and O–H groups in total. The number of hydrogen-bond donors (Lipinski definition) is 2. The van der Waals surface area contributed by atoms with Gasteiger partial charge in [0, 0.05) is 0 Å². The first kappa shape index (κ1) is 15.3. The quantitative estimate of drug-likeness (QED) is 0.656. The van der Waals surface area contributed by atoms with Gasteiger partial charge in [0.05, 0.1) is 20.3 Å². The number of aryl methyl sites for hydroxylation is 1. The lowest BCUT2D eigenvalue weighted by Gasteiger charge is -2.20. The highest BCUT2D eigenvalue weighted by atomic mass is 19.1. The molecule has 0 saturated carbocycles. The SMILES string of the molecule is COc1ccc(C(NN)c2ccc(F)cc2C)cc1OC. The summed E-state index contributed by atoms with van der Waals surface area (Å²) in [6.07, 6.45) is 0. The normalized spacial score (nSPS) is 12.0.